The van der Waals surface area contributed by atoms with E-state index in [2.05, 4.69) is 26.8 Å². The SMILES string of the molecule is C=CN/C=C(\N)c1cccc(-c2ncc[nH]2)n1. The van der Waals surface area contributed by atoms with Crippen LogP contribution in [-0.4, -0.2) is 15.0 Å². The average Bonchev–Trinajstić information content (AvgIpc) is 2.90. The summed E-state index contributed by atoms with van der Waals surface area (Å²) in [5, 5.41) is 2.81. The molecule has 0 amide bonds. The van der Waals surface area contributed by atoms with Crippen LogP contribution >= 0.6 is 0 Å². The number of hydrogen-bond donors (Lipinski definition) is 3. The van der Waals surface area contributed by atoms with Gasteiger partial charge in [-0.3, -0.25) is 0 Å². The summed E-state index contributed by atoms with van der Waals surface area (Å²) in [6.45, 7) is 3.54. The molecule has 0 aliphatic heterocycles. The van der Waals surface area contributed by atoms with Crippen molar-refractivity contribution in [3.63, 3.8) is 0 Å². The lowest BCUT2D eigenvalue weighted by atomic mass is 10.2. The molecule has 2 aromatic heterocycles. The van der Waals surface area contributed by atoms with Crippen molar-refractivity contribution >= 4 is 5.70 Å². The lowest BCUT2D eigenvalue weighted by molar-refractivity contribution is 1.16. The molecule has 5 nitrogen and oxygen atoms in total. The second-order valence-corrected chi connectivity index (χ2v) is 3.32. The van der Waals surface area contributed by atoms with Crippen LogP contribution in [0.1, 0.15) is 5.69 Å². The molecule has 2 rings (SSSR count). The lowest BCUT2D eigenvalue weighted by Crippen LogP contribution is -2.04. The molecule has 0 aliphatic carbocycles. The highest BCUT2D eigenvalue weighted by Crippen LogP contribution is 2.13. The topological polar surface area (TPSA) is 79.6 Å². The quantitative estimate of drug-likeness (QED) is 0.738. The summed E-state index contributed by atoms with van der Waals surface area (Å²) in [5.74, 6) is 0.719. The second kappa shape index (κ2) is 4.98. The molecule has 4 N–H and O–H groups in total. The zero-order valence-corrected chi connectivity index (χ0v) is 9.22. The summed E-state index contributed by atoms with van der Waals surface area (Å²) in [7, 11) is 0. The van der Waals surface area contributed by atoms with E-state index in [0.717, 1.165) is 11.5 Å². The van der Waals surface area contributed by atoms with Crippen molar-refractivity contribution in [2.75, 3.05) is 0 Å². The molecule has 86 valence electrons. The molecule has 17 heavy (non-hydrogen) atoms. The molecule has 0 radical (unpaired) electrons. The van der Waals surface area contributed by atoms with Crippen LogP contribution in [0.2, 0.25) is 0 Å². The Morgan fingerprint density at radius 1 is 1.47 bits per heavy atom. The van der Waals surface area contributed by atoms with Crippen LogP contribution in [0, 0.1) is 0 Å². The van der Waals surface area contributed by atoms with Crippen molar-refractivity contribution in [2.24, 2.45) is 5.73 Å². The summed E-state index contributed by atoms with van der Waals surface area (Å²) in [4.78, 5) is 11.5. The number of hydrogen-bond acceptors (Lipinski definition) is 4. The predicted molar refractivity (Wildman–Crippen MR) is 67.3 cm³/mol. The first-order valence-corrected chi connectivity index (χ1v) is 5.11. The standard InChI is InChI=1S/C12H13N5/c1-2-14-8-9(13)10-4-3-5-11(17-10)12-15-6-7-16-12/h2-8,14H,1,13H2,(H,15,16)/b9-8-. The third-order valence-electron chi connectivity index (χ3n) is 2.14. The molecular formula is C12H13N5. The van der Waals surface area contributed by atoms with Crippen molar-refractivity contribution in [1.82, 2.24) is 20.3 Å². The van der Waals surface area contributed by atoms with Crippen molar-refractivity contribution in [3.05, 3.63) is 55.3 Å². The first kappa shape index (κ1) is 10.9. The minimum absolute atomic E-state index is 0.540. The molecule has 5 heteroatoms. The van der Waals surface area contributed by atoms with Gasteiger partial charge in [-0.2, -0.15) is 0 Å². The van der Waals surface area contributed by atoms with E-state index < -0.39 is 0 Å². The van der Waals surface area contributed by atoms with Crippen molar-refractivity contribution < 1.29 is 0 Å². The smallest absolute Gasteiger partial charge is 0.155 e. The van der Waals surface area contributed by atoms with E-state index in [-0.39, 0.29) is 0 Å². The monoisotopic (exact) mass is 227 g/mol. The van der Waals surface area contributed by atoms with Crippen molar-refractivity contribution in [3.8, 4) is 11.5 Å². The Kier molecular flexibility index (Phi) is 3.20. The highest BCUT2D eigenvalue weighted by molar-refractivity contribution is 5.62. The molecule has 2 heterocycles. The van der Waals surface area contributed by atoms with Gasteiger partial charge >= 0.3 is 0 Å². The molecule has 2 aromatic rings. The van der Waals surface area contributed by atoms with Gasteiger partial charge in [-0.25, -0.2) is 9.97 Å². The van der Waals surface area contributed by atoms with Crippen LogP contribution < -0.4 is 11.1 Å². The summed E-state index contributed by atoms with van der Waals surface area (Å²) in [6.07, 6.45) is 6.62. The maximum Gasteiger partial charge on any atom is 0.155 e. The van der Waals surface area contributed by atoms with Gasteiger partial charge in [0.15, 0.2) is 5.82 Å². The van der Waals surface area contributed by atoms with E-state index in [9.17, 15) is 0 Å². The van der Waals surface area contributed by atoms with Gasteiger partial charge in [0.25, 0.3) is 0 Å². The average molecular weight is 227 g/mol. The van der Waals surface area contributed by atoms with Gasteiger partial charge < -0.3 is 16.0 Å². The number of aromatic amines is 1. The van der Waals surface area contributed by atoms with Crippen molar-refractivity contribution in [2.45, 2.75) is 0 Å². The Bertz CT molecular complexity index is 528. The number of rotatable bonds is 4. The summed E-state index contributed by atoms with van der Waals surface area (Å²) >= 11 is 0. The van der Waals surface area contributed by atoms with E-state index in [0.29, 0.717) is 11.4 Å². The molecule has 0 spiro atoms. The number of aromatic nitrogens is 3. The minimum atomic E-state index is 0.540. The van der Waals surface area contributed by atoms with Gasteiger partial charge in [-0.1, -0.05) is 12.6 Å². The van der Waals surface area contributed by atoms with E-state index in [1.165, 1.54) is 0 Å². The normalized spacial score (nSPS) is 11.2. The van der Waals surface area contributed by atoms with Crippen molar-refractivity contribution in [1.29, 1.82) is 0 Å². The summed E-state index contributed by atoms with van der Waals surface area (Å²) in [6, 6.07) is 5.59. The van der Waals surface area contributed by atoms with Crippen LogP contribution in [0.3, 0.4) is 0 Å². The molecule has 0 unspecified atom stereocenters. The molecule has 0 aliphatic rings. The number of nitrogens with one attached hydrogen (secondary N) is 2. The largest absolute Gasteiger partial charge is 0.396 e. The molecule has 0 atom stereocenters. The Morgan fingerprint density at radius 2 is 2.35 bits per heavy atom. The second-order valence-electron chi connectivity index (χ2n) is 3.32. The first-order valence-electron chi connectivity index (χ1n) is 5.11. The van der Waals surface area contributed by atoms with Gasteiger partial charge in [-0.05, 0) is 18.3 Å². The molecule has 0 aromatic carbocycles. The fraction of sp³-hybridized carbons (Fsp3) is 0. The number of nitrogens with zero attached hydrogens (tertiary/aromatic N) is 2. The highest BCUT2D eigenvalue weighted by atomic mass is 14.9. The van der Waals surface area contributed by atoms with Gasteiger partial charge in [0.1, 0.15) is 5.69 Å². The van der Waals surface area contributed by atoms with Gasteiger partial charge in [-0.15, -0.1) is 0 Å². The predicted octanol–water partition coefficient (Wildman–Crippen LogP) is 1.46. The zero-order chi connectivity index (χ0) is 12.1. The van der Waals surface area contributed by atoms with E-state index in [1.807, 2.05) is 18.2 Å². The van der Waals surface area contributed by atoms with Gasteiger partial charge in [0.05, 0.1) is 11.4 Å². The summed E-state index contributed by atoms with van der Waals surface area (Å²) in [5.41, 5.74) is 7.84. The fourth-order valence-electron chi connectivity index (χ4n) is 1.36. The third kappa shape index (κ3) is 2.52. The van der Waals surface area contributed by atoms with Gasteiger partial charge in [0.2, 0.25) is 0 Å². The Balaban J connectivity index is 2.32. The Morgan fingerprint density at radius 3 is 3.06 bits per heavy atom. The highest BCUT2D eigenvalue weighted by Gasteiger charge is 2.04. The molecule has 0 fully saturated rings. The summed E-state index contributed by atoms with van der Waals surface area (Å²) < 4.78 is 0. The minimum Gasteiger partial charge on any atom is -0.396 e. The molecule has 0 bridgehead atoms. The van der Waals surface area contributed by atoms with Crippen LogP contribution in [0.4, 0.5) is 0 Å². The molecule has 0 saturated heterocycles. The van der Waals surface area contributed by atoms with Crippen LogP contribution in [0.5, 0.6) is 0 Å². The maximum absolute atomic E-state index is 5.86. The van der Waals surface area contributed by atoms with Crippen LogP contribution in [0.25, 0.3) is 17.2 Å². The molecular weight excluding hydrogens is 214 g/mol. The zero-order valence-electron chi connectivity index (χ0n) is 9.22. The van der Waals surface area contributed by atoms with Gasteiger partial charge in [0, 0.05) is 18.6 Å². The van der Waals surface area contributed by atoms with E-state index in [4.69, 9.17) is 5.73 Å². The Hall–Kier alpha value is -2.56. The lowest BCUT2D eigenvalue weighted by Gasteiger charge is -2.03. The number of imidazole rings is 1. The Labute approximate surface area is 99.1 Å². The van der Waals surface area contributed by atoms with E-state index in [1.54, 1.807) is 24.8 Å². The van der Waals surface area contributed by atoms with Crippen LogP contribution in [-0.2, 0) is 0 Å². The van der Waals surface area contributed by atoms with Crippen LogP contribution in [0.15, 0.2) is 49.6 Å². The fourth-order valence-corrected chi connectivity index (χ4v) is 1.36. The number of nitrogens with two attached hydrogens (primary N) is 1. The number of pyridine rings is 1. The molecule has 0 saturated carbocycles. The van der Waals surface area contributed by atoms with E-state index >= 15 is 0 Å². The maximum atomic E-state index is 5.86. The first-order chi connectivity index (χ1) is 8.31. The third-order valence-corrected chi connectivity index (χ3v) is 2.14. The number of H-pyrrole nitrogens is 1.